The molecule has 3 nitrogen and oxygen atoms in total. The van der Waals surface area contributed by atoms with Crippen molar-refractivity contribution in [2.24, 2.45) is 5.73 Å². The average molecular weight is 219 g/mol. The monoisotopic (exact) mass is 218 g/mol. The van der Waals surface area contributed by atoms with Crippen molar-refractivity contribution in [3.63, 3.8) is 0 Å². The lowest BCUT2D eigenvalue weighted by molar-refractivity contribution is 0.0945. The number of thiophene rings is 1. The topological polar surface area (TPSA) is 55.1 Å². The number of amides is 1. The maximum Gasteiger partial charge on any atom is 0.261 e. The lowest BCUT2D eigenvalue weighted by atomic mass is 10.3. The van der Waals surface area contributed by atoms with Crippen LogP contribution in [-0.4, -0.2) is 18.5 Å². The number of hydrogen-bond donors (Lipinski definition) is 2. The smallest absolute Gasteiger partial charge is 0.261 e. The second-order valence-electron chi connectivity index (χ2n) is 2.71. The largest absolute Gasteiger partial charge is 0.348 e. The molecule has 0 unspecified atom stereocenters. The van der Waals surface area contributed by atoms with Gasteiger partial charge in [0.15, 0.2) is 0 Å². The summed E-state index contributed by atoms with van der Waals surface area (Å²) in [6, 6.07) is 3.40. The van der Waals surface area contributed by atoms with Crippen LogP contribution in [0, 0.1) is 0 Å². The molecule has 0 radical (unpaired) electrons. The van der Waals surface area contributed by atoms with E-state index >= 15 is 0 Å². The third-order valence-electron chi connectivity index (χ3n) is 1.53. The summed E-state index contributed by atoms with van der Waals surface area (Å²) in [5.41, 5.74) is 5.37. The Kier molecular flexibility index (Phi) is 3.71. The van der Waals surface area contributed by atoms with E-state index in [-0.39, 0.29) is 11.9 Å². The van der Waals surface area contributed by atoms with Crippen molar-refractivity contribution in [2.75, 3.05) is 6.54 Å². The van der Waals surface area contributed by atoms with E-state index in [4.69, 9.17) is 17.3 Å². The van der Waals surface area contributed by atoms with Crippen molar-refractivity contribution < 1.29 is 4.79 Å². The molecule has 1 heterocycles. The first kappa shape index (κ1) is 10.5. The molecule has 0 aromatic carbocycles. The fourth-order valence-electron chi connectivity index (χ4n) is 0.790. The molecule has 0 saturated heterocycles. The molecule has 1 amide bonds. The molecule has 0 aliphatic heterocycles. The molecule has 1 aromatic heterocycles. The van der Waals surface area contributed by atoms with E-state index < -0.39 is 0 Å². The first-order valence-electron chi connectivity index (χ1n) is 3.89. The summed E-state index contributed by atoms with van der Waals surface area (Å²) in [6.45, 7) is 2.29. The second-order valence-corrected chi connectivity index (χ2v) is 4.43. The summed E-state index contributed by atoms with van der Waals surface area (Å²) in [4.78, 5) is 12.0. The lowest BCUT2D eigenvalue weighted by Gasteiger charge is -2.09. The van der Waals surface area contributed by atoms with Crippen molar-refractivity contribution in [3.05, 3.63) is 21.3 Å². The van der Waals surface area contributed by atoms with Crippen molar-refractivity contribution in [1.29, 1.82) is 0 Å². The number of hydrogen-bond acceptors (Lipinski definition) is 3. The van der Waals surface area contributed by atoms with Gasteiger partial charge in [-0.05, 0) is 19.1 Å². The third kappa shape index (κ3) is 2.99. The summed E-state index contributed by atoms with van der Waals surface area (Å²) in [6.07, 6.45) is 0. The van der Waals surface area contributed by atoms with Gasteiger partial charge in [0.2, 0.25) is 0 Å². The van der Waals surface area contributed by atoms with E-state index in [1.54, 1.807) is 12.1 Å². The first-order chi connectivity index (χ1) is 6.13. The summed E-state index contributed by atoms with van der Waals surface area (Å²) in [5.74, 6) is -0.116. The van der Waals surface area contributed by atoms with E-state index in [1.165, 1.54) is 11.3 Å². The van der Waals surface area contributed by atoms with Gasteiger partial charge in [-0.1, -0.05) is 11.6 Å². The molecule has 0 spiro atoms. The summed E-state index contributed by atoms with van der Waals surface area (Å²) >= 11 is 6.95. The minimum absolute atomic E-state index is 0.00613. The molecule has 5 heteroatoms. The Hall–Kier alpha value is -0.580. The number of halogens is 1. The highest BCUT2D eigenvalue weighted by molar-refractivity contribution is 7.17. The summed E-state index contributed by atoms with van der Waals surface area (Å²) in [7, 11) is 0. The Labute approximate surface area is 85.9 Å². The van der Waals surface area contributed by atoms with Crippen LogP contribution < -0.4 is 11.1 Å². The second kappa shape index (κ2) is 4.60. The maximum atomic E-state index is 11.4. The van der Waals surface area contributed by atoms with Gasteiger partial charge in [-0.25, -0.2) is 0 Å². The van der Waals surface area contributed by atoms with Crippen molar-refractivity contribution in [2.45, 2.75) is 13.0 Å². The third-order valence-corrected chi connectivity index (χ3v) is 2.76. The van der Waals surface area contributed by atoms with Gasteiger partial charge < -0.3 is 11.1 Å². The Balaban J connectivity index is 2.58. The van der Waals surface area contributed by atoms with E-state index in [9.17, 15) is 4.79 Å². The Morgan fingerprint density at radius 3 is 2.92 bits per heavy atom. The highest BCUT2D eigenvalue weighted by Gasteiger charge is 2.10. The van der Waals surface area contributed by atoms with E-state index in [2.05, 4.69) is 5.32 Å². The quantitative estimate of drug-likeness (QED) is 0.808. The molecular weight excluding hydrogens is 208 g/mol. The molecule has 1 atom stereocenters. The Morgan fingerprint density at radius 1 is 1.77 bits per heavy atom. The van der Waals surface area contributed by atoms with Crippen LogP contribution in [-0.2, 0) is 0 Å². The molecule has 13 heavy (non-hydrogen) atoms. The lowest BCUT2D eigenvalue weighted by Crippen LogP contribution is -2.37. The first-order valence-corrected chi connectivity index (χ1v) is 5.09. The van der Waals surface area contributed by atoms with Crippen molar-refractivity contribution in [1.82, 2.24) is 5.32 Å². The normalized spacial score (nSPS) is 12.5. The van der Waals surface area contributed by atoms with E-state index in [0.29, 0.717) is 15.8 Å². The van der Waals surface area contributed by atoms with Gasteiger partial charge in [0.1, 0.15) is 0 Å². The highest BCUT2D eigenvalue weighted by atomic mass is 35.5. The molecule has 0 aliphatic rings. The van der Waals surface area contributed by atoms with Crippen LogP contribution in [0.5, 0.6) is 0 Å². The zero-order valence-electron chi connectivity index (χ0n) is 7.21. The van der Waals surface area contributed by atoms with Crippen LogP contribution in [0.3, 0.4) is 0 Å². The Bertz CT molecular complexity index is 300. The molecule has 0 bridgehead atoms. The number of carbonyl (C=O) groups is 1. The van der Waals surface area contributed by atoms with Crippen LogP contribution in [0.15, 0.2) is 12.1 Å². The zero-order chi connectivity index (χ0) is 9.84. The van der Waals surface area contributed by atoms with Crippen LogP contribution in [0.2, 0.25) is 4.34 Å². The molecule has 0 saturated carbocycles. The predicted octanol–water partition coefficient (Wildman–Crippen LogP) is 1.48. The molecule has 3 N–H and O–H groups in total. The predicted molar refractivity (Wildman–Crippen MR) is 55.3 cm³/mol. The van der Waals surface area contributed by atoms with Gasteiger partial charge >= 0.3 is 0 Å². The van der Waals surface area contributed by atoms with E-state index in [1.807, 2.05) is 6.92 Å². The van der Waals surface area contributed by atoms with Crippen LogP contribution in [0.4, 0.5) is 0 Å². The molecule has 0 fully saturated rings. The fourth-order valence-corrected chi connectivity index (χ4v) is 1.74. The Morgan fingerprint density at radius 2 is 2.46 bits per heavy atom. The number of nitrogens with two attached hydrogens (primary N) is 1. The average Bonchev–Trinajstić information content (AvgIpc) is 2.51. The number of carbonyl (C=O) groups excluding carboxylic acids is 1. The minimum atomic E-state index is -0.116. The van der Waals surface area contributed by atoms with Crippen molar-refractivity contribution in [3.8, 4) is 0 Å². The van der Waals surface area contributed by atoms with Gasteiger partial charge in [0.25, 0.3) is 5.91 Å². The molecular formula is C8H11ClN2OS. The van der Waals surface area contributed by atoms with Crippen LogP contribution >= 0.6 is 22.9 Å². The van der Waals surface area contributed by atoms with Gasteiger partial charge in [0, 0.05) is 12.6 Å². The fraction of sp³-hybridized carbons (Fsp3) is 0.375. The zero-order valence-corrected chi connectivity index (χ0v) is 8.78. The van der Waals surface area contributed by atoms with Gasteiger partial charge in [-0.15, -0.1) is 11.3 Å². The maximum absolute atomic E-state index is 11.4. The van der Waals surface area contributed by atoms with Crippen LogP contribution in [0.1, 0.15) is 16.6 Å². The van der Waals surface area contributed by atoms with Gasteiger partial charge in [0.05, 0.1) is 9.21 Å². The van der Waals surface area contributed by atoms with Gasteiger partial charge in [-0.2, -0.15) is 0 Å². The number of rotatable bonds is 3. The van der Waals surface area contributed by atoms with E-state index in [0.717, 1.165) is 0 Å². The minimum Gasteiger partial charge on any atom is -0.348 e. The standard InChI is InChI=1S/C8H11ClN2OS/c1-5(4-10)11-8(12)6-2-3-7(9)13-6/h2-3,5H,4,10H2,1H3,(H,11,12)/t5-/m0/s1. The SMILES string of the molecule is C[C@@H](CN)NC(=O)c1ccc(Cl)s1. The molecule has 1 rings (SSSR count). The van der Waals surface area contributed by atoms with Gasteiger partial charge in [-0.3, -0.25) is 4.79 Å². The summed E-state index contributed by atoms with van der Waals surface area (Å²) < 4.78 is 0.616. The molecule has 1 aromatic rings. The summed E-state index contributed by atoms with van der Waals surface area (Å²) in [5, 5.41) is 2.75. The number of nitrogens with one attached hydrogen (secondary N) is 1. The van der Waals surface area contributed by atoms with Crippen LogP contribution in [0.25, 0.3) is 0 Å². The molecule has 0 aliphatic carbocycles. The highest BCUT2D eigenvalue weighted by Crippen LogP contribution is 2.21. The molecule has 72 valence electrons. The van der Waals surface area contributed by atoms with Crippen molar-refractivity contribution >= 4 is 28.8 Å².